The maximum atomic E-state index is 12.8. The van der Waals surface area contributed by atoms with Crippen molar-refractivity contribution in [3.05, 3.63) is 33.5 Å². The summed E-state index contributed by atoms with van der Waals surface area (Å²) in [4.78, 5) is 28.2. The van der Waals surface area contributed by atoms with Gasteiger partial charge in [-0.2, -0.15) is 18.3 Å². The molecule has 1 N–H and O–H groups in total. The Morgan fingerprint density at radius 1 is 1.38 bits per heavy atom. The molecule has 2 aliphatic rings. The van der Waals surface area contributed by atoms with E-state index < -0.39 is 11.9 Å². The maximum Gasteiger partial charge on any atom is 0.435 e. The molecule has 13 heteroatoms. The minimum atomic E-state index is -4.53. The number of halogens is 3. The van der Waals surface area contributed by atoms with Crippen molar-refractivity contribution in [3.8, 4) is 0 Å². The Morgan fingerprint density at radius 2 is 2.12 bits per heavy atom. The lowest BCUT2D eigenvalue weighted by molar-refractivity contribution is -0.258. The Hall–Kier alpha value is -2.51. The fraction of sp³-hybridized carbons (Fsp3) is 0.579. The molecule has 1 unspecified atom stereocenters. The zero-order valence-electron chi connectivity index (χ0n) is 17.2. The number of piperidine rings is 1. The second kappa shape index (κ2) is 9.16. The van der Waals surface area contributed by atoms with Crippen LogP contribution in [0.25, 0.3) is 0 Å². The Morgan fingerprint density at radius 3 is 2.78 bits per heavy atom. The van der Waals surface area contributed by atoms with Crippen molar-refractivity contribution in [2.75, 3.05) is 19.7 Å². The minimum Gasteiger partial charge on any atom is -0.389 e. The predicted molar refractivity (Wildman–Crippen MR) is 107 cm³/mol. The summed E-state index contributed by atoms with van der Waals surface area (Å²) in [5.41, 5.74) is 0.740. The maximum absolute atomic E-state index is 12.8. The Bertz CT molecular complexity index is 997. The largest absolute Gasteiger partial charge is 0.435 e. The van der Waals surface area contributed by atoms with Crippen LogP contribution >= 0.6 is 11.3 Å². The smallest absolute Gasteiger partial charge is 0.389 e. The zero-order chi connectivity index (χ0) is 22.9. The number of oxime groups is 1. The lowest BCUT2D eigenvalue weighted by Gasteiger charge is -2.31. The third-order valence-corrected chi connectivity index (χ3v) is 6.57. The van der Waals surface area contributed by atoms with Gasteiger partial charge in [0.15, 0.2) is 11.8 Å². The molecule has 0 radical (unpaired) electrons. The molecule has 1 saturated heterocycles. The molecular formula is C19H22F3N5O4S. The molecule has 1 fully saturated rings. The van der Waals surface area contributed by atoms with E-state index >= 15 is 0 Å². The third-order valence-electron chi connectivity index (χ3n) is 5.56. The first-order valence-electron chi connectivity index (χ1n) is 10.1. The zero-order valence-corrected chi connectivity index (χ0v) is 18.0. The average molecular weight is 473 g/mol. The summed E-state index contributed by atoms with van der Waals surface area (Å²) >= 11 is 1.52. The van der Waals surface area contributed by atoms with E-state index in [4.69, 9.17) is 10.1 Å². The second-order valence-electron chi connectivity index (χ2n) is 7.82. The minimum absolute atomic E-state index is 0.0338. The number of hydrogen-bond acceptors (Lipinski definition) is 8. The van der Waals surface area contributed by atoms with Crippen LogP contribution in [0.2, 0.25) is 0 Å². The monoisotopic (exact) mass is 473 g/mol. The van der Waals surface area contributed by atoms with Gasteiger partial charge >= 0.3 is 6.18 Å². The van der Waals surface area contributed by atoms with Crippen LogP contribution in [0.1, 0.15) is 47.3 Å². The Balaban J connectivity index is 1.31. The highest BCUT2D eigenvalue weighted by Crippen LogP contribution is 2.32. The van der Waals surface area contributed by atoms with Crippen LogP contribution in [-0.4, -0.2) is 62.3 Å². The predicted octanol–water partition coefficient (Wildman–Crippen LogP) is 3.06. The first kappa shape index (κ1) is 22.7. The van der Waals surface area contributed by atoms with Gasteiger partial charge in [-0.25, -0.2) is 9.87 Å². The highest BCUT2D eigenvalue weighted by Gasteiger charge is 2.35. The molecule has 1 atom stereocenters. The molecule has 174 valence electrons. The van der Waals surface area contributed by atoms with Crippen molar-refractivity contribution in [1.29, 1.82) is 0 Å². The van der Waals surface area contributed by atoms with Gasteiger partial charge in [0.05, 0.1) is 10.7 Å². The van der Waals surface area contributed by atoms with Gasteiger partial charge in [-0.05, 0) is 25.8 Å². The highest BCUT2D eigenvalue weighted by atomic mass is 32.1. The van der Waals surface area contributed by atoms with Crippen LogP contribution in [0.4, 0.5) is 13.2 Å². The number of aryl methyl sites for hydroxylation is 1. The molecule has 1 amide bonds. The van der Waals surface area contributed by atoms with Gasteiger partial charge < -0.3 is 9.74 Å². The Labute approximate surface area is 185 Å². The van der Waals surface area contributed by atoms with Crippen molar-refractivity contribution in [2.45, 2.75) is 50.9 Å². The van der Waals surface area contributed by atoms with Crippen molar-refractivity contribution in [3.63, 3.8) is 0 Å². The first-order valence-corrected chi connectivity index (χ1v) is 11.0. The topological polar surface area (TPSA) is 102 Å². The summed E-state index contributed by atoms with van der Waals surface area (Å²) in [7, 11) is 0. The van der Waals surface area contributed by atoms with Gasteiger partial charge in [-0.3, -0.25) is 14.7 Å². The van der Waals surface area contributed by atoms with Crippen LogP contribution in [0.5, 0.6) is 0 Å². The van der Waals surface area contributed by atoms with Crippen LogP contribution in [0.3, 0.4) is 0 Å². The normalized spacial score (nSPS) is 19.8. The van der Waals surface area contributed by atoms with E-state index in [9.17, 15) is 18.0 Å². The summed E-state index contributed by atoms with van der Waals surface area (Å²) in [5.74, 6) is -0.0571. The molecule has 0 aliphatic carbocycles. The lowest BCUT2D eigenvalue weighted by atomic mass is 9.97. The Kier molecular flexibility index (Phi) is 6.49. The van der Waals surface area contributed by atoms with E-state index in [1.54, 1.807) is 4.90 Å². The van der Waals surface area contributed by atoms with E-state index in [-0.39, 0.29) is 31.1 Å². The van der Waals surface area contributed by atoms with Crippen LogP contribution in [0.15, 0.2) is 16.6 Å². The number of nitrogens with zero attached hydrogens (tertiary/aromatic N) is 5. The van der Waals surface area contributed by atoms with Crippen molar-refractivity contribution in [2.24, 2.45) is 5.16 Å². The summed E-state index contributed by atoms with van der Waals surface area (Å²) < 4.78 is 39.6. The van der Waals surface area contributed by atoms with Crippen LogP contribution in [-0.2, 0) is 27.2 Å². The molecule has 2 aromatic heterocycles. The molecule has 9 nitrogen and oxygen atoms in total. The number of alkyl halides is 3. The van der Waals surface area contributed by atoms with E-state index in [1.807, 2.05) is 5.38 Å². The highest BCUT2D eigenvalue weighted by molar-refractivity contribution is 7.10. The third kappa shape index (κ3) is 4.94. The summed E-state index contributed by atoms with van der Waals surface area (Å²) in [6.07, 6.45) is -2.93. The fourth-order valence-electron chi connectivity index (χ4n) is 3.77. The molecule has 4 rings (SSSR count). The van der Waals surface area contributed by atoms with Gasteiger partial charge in [-0.1, -0.05) is 5.16 Å². The molecule has 32 heavy (non-hydrogen) atoms. The number of carbonyl (C=O) groups is 1. The molecule has 0 aromatic carbocycles. The molecule has 2 aromatic rings. The van der Waals surface area contributed by atoms with Crippen molar-refractivity contribution in [1.82, 2.24) is 19.7 Å². The number of aromatic nitrogens is 3. The van der Waals surface area contributed by atoms with Gasteiger partial charge in [0, 0.05) is 36.5 Å². The number of hydrogen-bond donors (Lipinski definition) is 1. The second-order valence-corrected chi connectivity index (χ2v) is 8.71. The van der Waals surface area contributed by atoms with E-state index in [2.05, 4.69) is 20.1 Å². The van der Waals surface area contributed by atoms with Gasteiger partial charge in [-0.15, -0.1) is 11.3 Å². The number of rotatable bonds is 6. The lowest BCUT2D eigenvalue weighted by Crippen LogP contribution is -2.40. The average Bonchev–Trinajstić information content (AvgIpc) is 3.48. The van der Waals surface area contributed by atoms with Crippen molar-refractivity contribution >= 4 is 23.0 Å². The molecule has 4 heterocycles. The van der Waals surface area contributed by atoms with E-state index in [1.165, 1.54) is 18.3 Å². The van der Waals surface area contributed by atoms with Gasteiger partial charge in [0.25, 0.3) is 0 Å². The standard InChI is InChI=1S/C19H22F3N5O4S/c1-11-6-16(19(20,21)22)24-27(11)8-17(28)26-4-2-12(3-5-26)18-23-15(10-32-18)14-7-13(9-30-29)31-25-14/h6,10,12-13,29H,2-5,7-9H2,1H3. The van der Waals surface area contributed by atoms with Gasteiger partial charge in [0.2, 0.25) is 5.91 Å². The number of amides is 1. The molecule has 0 bridgehead atoms. The summed E-state index contributed by atoms with van der Waals surface area (Å²) in [6.45, 7) is 2.33. The SMILES string of the molecule is Cc1cc(C(F)(F)F)nn1CC(=O)N1CCC(c2nc(C3=NOC(COO)C3)cs2)CC1. The number of likely N-dealkylation sites (tertiary alicyclic amines) is 1. The number of carbonyl (C=O) groups excluding carboxylic acids is 1. The van der Waals surface area contributed by atoms with Crippen LogP contribution in [0, 0.1) is 6.92 Å². The molecule has 0 saturated carbocycles. The van der Waals surface area contributed by atoms with E-state index in [0.717, 1.165) is 21.4 Å². The number of thiazole rings is 1. The van der Waals surface area contributed by atoms with Crippen LogP contribution < -0.4 is 0 Å². The molecule has 2 aliphatic heterocycles. The first-order chi connectivity index (χ1) is 15.2. The molecular weight excluding hydrogens is 451 g/mol. The summed E-state index contributed by atoms with van der Waals surface area (Å²) in [5, 5.41) is 18.9. The fourth-order valence-corrected chi connectivity index (χ4v) is 4.77. The van der Waals surface area contributed by atoms with Gasteiger partial charge in [0.1, 0.15) is 18.9 Å². The quantitative estimate of drug-likeness (QED) is 0.511. The molecule has 0 spiro atoms. The summed E-state index contributed by atoms with van der Waals surface area (Å²) in [6, 6.07) is 0.943. The van der Waals surface area contributed by atoms with E-state index in [0.29, 0.717) is 43.8 Å². The van der Waals surface area contributed by atoms with Crippen molar-refractivity contribution < 1.29 is 32.9 Å².